The van der Waals surface area contributed by atoms with Gasteiger partial charge in [0.2, 0.25) is 6.79 Å². The maximum Gasteiger partial charge on any atom is 0.264 e. The lowest BCUT2D eigenvalue weighted by molar-refractivity contribution is -0.130. The van der Waals surface area contributed by atoms with Gasteiger partial charge in [0.25, 0.3) is 17.7 Å². The number of β-lactam (4-membered cyclic amide) rings is 1. The number of fused-ring (bicyclic) bond motifs is 2. The summed E-state index contributed by atoms with van der Waals surface area (Å²) in [6.45, 7) is 0.0686. The second kappa shape index (κ2) is 8.53. The minimum Gasteiger partial charge on any atom is -0.454 e. The molecule has 3 aromatic carbocycles. The summed E-state index contributed by atoms with van der Waals surface area (Å²) in [5.41, 5.74) is 0.859. The van der Waals surface area contributed by atoms with Gasteiger partial charge in [0.05, 0.1) is 37.3 Å². The molecule has 3 aliphatic rings. The fraction of sp³-hybridized carbons (Fsp3) is 0.125. The Balaban J connectivity index is 1.48. The van der Waals surface area contributed by atoms with Gasteiger partial charge in [0.15, 0.2) is 11.5 Å². The van der Waals surface area contributed by atoms with E-state index in [4.69, 9.17) is 55.9 Å². The van der Waals surface area contributed by atoms with Crippen LogP contribution in [0, 0.1) is 0 Å². The molecule has 1 saturated heterocycles. The Labute approximate surface area is 232 Å². The standard InChI is InChI=1S/C24H11BrCl4N2O5/c25-10-2-4-11(5-3-10)30-20(9-1-6-12-13(7-9)36-8-35-12)21(24(30)34)31-22(32)14-15(23(31)33)17(27)19(29)18(28)16(14)26/h1-7,20-21H,8H2. The molecule has 12 heteroatoms. The van der Waals surface area contributed by atoms with Crippen LogP contribution in [0.2, 0.25) is 20.1 Å². The zero-order valence-corrected chi connectivity index (χ0v) is 22.3. The molecule has 0 bridgehead atoms. The molecule has 0 spiro atoms. The third-order valence-corrected chi connectivity index (χ3v) is 8.65. The predicted octanol–water partition coefficient (Wildman–Crippen LogP) is 6.54. The van der Waals surface area contributed by atoms with Crippen LogP contribution in [-0.2, 0) is 4.79 Å². The van der Waals surface area contributed by atoms with Crippen molar-refractivity contribution in [2.45, 2.75) is 12.1 Å². The summed E-state index contributed by atoms with van der Waals surface area (Å²) in [6, 6.07) is 10.4. The maximum atomic E-state index is 13.6. The van der Waals surface area contributed by atoms with Crippen LogP contribution in [0.3, 0.4) is 0 Å². The van der Waals surface area contributed by atoms with E-state index < -0.39 is 29.8 Å². The van der Waals surface area contributed by atoms with Crippen molar-refractivity contribution in [1.29, 1.82) is 0 Å². The normalized spacial score (nSPS) is 20.2. The predicted molar refractivity (Wildman–Crippen MR) is 138 cm³/mol. The van der Waals surface area contributed by atoms with Crippen LogP contribution in [0.5, 0.6) is 11.5 Å². The van der Waals surface area contributed by atoms with Crippen molar-refractivity contribution in [2.24, 2.45) is 0 Å². The van der Waals surface area contributed by atoms with Crippen LogP contribution in [0.4, 0.5) is 5.69 Å². The summed E-state index contributed by atoms with van der Waals surface area (Å²) in [4.78, 5) is 43.0. The van der Waals surface area contributed by atoms with Crippen LogP contribution in [0.15, 0.2) is 46.9 Å². The van der Waals surface area contributed by atoms with E-state index in [1.54, 1.807) is 42.5 Å². The minimum absolute atomic E-state index is 0.0686. The smallest absolute Gasteiger partial charge is 0.264 e. The molecule has 0 aliphatic carbocycles. The Kier molecular flexibility index (Phi) is 5.66. The number of carbonyl (C=O) groups excluding carboxylic acids is 3. The molecule has 7 nitrogen and oxygen atoms in total. The number of rotatable bonds is 3. The molecule has 0 N–H and O–H groups in total. The first-order valence-corrected chi connectivity index (χ1v) is 12.7. The Hall–Kier alpha value is -2.49. The average Bonchev–Trinajstić information content (AvgIpc) is 3.43. The summed E-state index contributed by atoms with van der Waals surface area (Å²) in [5.74, 6) is -0.966. The number of imide groups is 1. The molecule has 2 atom stereocenters. The van der Waals surface area contributed by atoms with Crippen molar-refractivity contribution in [3.8, 4) is 11.5 Å². The first-order chi connectivity index (χ1) is 17.2. The molecular formula is C24H11BrCl4N2O5. The Bertz CT molecular complexity index is 1470. The lowest BCUT2D eigenvalue weighted by atomic mass is 9.86. The highest BCUT2D eigenvalue weighted by Gasteiger charge is 2.58. The number of hydrogen-bond acceptors (Lipinski definition) is 5. The van der Waals surface area contributed by atoms with E-state index in [0.717, 1.165) is 9.37 Å². The van der Waals surface area contributed by atoms with Crippen molar-refractivity contribution in [3.05, 3.63) is 83.7 Å². The average molecular weight is 629 g/mol. The van der Waals surface area contributed by atoms with Crippen LogP contribution in [0.1, 0.15) is 32.3 Å². The number of anilines is 1. The number of halogens is 5. The number of benzene rings is 3. The van der Waals surface area contributed by atoms with Gasteiger partial charge in [-0.1, -0.05) is 68.4 Å². The van der Waals surface area contributed by atoms with Crippen molar-refractivity contribution < 1.29 is 23.9 Å². The zero-order chi connectivity index (χ0) is 25.5. The van der Waals surface area contributed by atoms with E-state index in [0.29, 0.717) is 22.7 Å². The number of ether oxygens (including phenoxy) is 2. The third kappa shape index (κ3) is 3.28. The van der Waals surface area contributed by atoms with E-state index in [1.807, 2.05) is 0 Å². The van der Waals surface area contributed by atoms with E-state index in [-0.39, 0.29) is 38.0 Å². The molecule has 182 valence electrons. The molecule has 3 aliphatic heterocycles. The maximum absolute atomic E-state index is 13.6. The van der Waals surface area contributed by atoms with Gasteiger partial charge in [-0.2, -0.15) is 0 Å². The first kappa shape index (κ1) is 23.9. The van der Waals surface area contributed by atoms with Crippen LogP contribution < -0.4 is 14.4 Å². The zero-order valence-electron chi connectivity index (χ0n) is 17.7. The van der Waals surface area contributed by atoms with Gasteiger partial charge in [0.1, 0.15) is 6.04 Å². The van der Waals surface area contributed by atoms with Crippen molar-refractivity contribution in [2.75, 3.05) is 11.7 Å². The molecule has 3 aromatic rings. The summed E-state index contributed by atoms with van der Waals surface area (Å²) in [7, 11) is 0. The number of amides is 3. The van der Waals surface area contributed by atoms with Gasteiger partial charge in [-0.05, 0) is 42.0 Å². The van der Waals surface area contributed by atoms with Gasteiger partial charge in [0, 0.05) is 10.2 Å². The lowest BCUT2D eigenvalue weighted by Gasteiger charge is -2.49. The van der Waals surface area contributed by atoms with Gasteiger partial charge >= 0.3 is 0 Å². The van der Waals surface area contributed by atoms with Crippen molar-refractivity contribution in [3.63, 3.8) is 0 Å². The Morgan fingerprint density at radius 3 is 1.92 bits per heavy atom. The quantitative estimate of drug-likeness (QED) is 0.142. The van der Waals surface area contributed by atoms with Crippen molar-refractivity contribution in [1.82, 2.24) is 4.90 Å². The fourth-order valence-corrected chi connectivity index (χ4v) is 5.94. The van der Waals surface area contributed by atoms with Gasteiger partial charge in [-0.3, -0.25) is 19.3 Å². The van der Waals surface area contributed by atoms with Crippen molar-refractivity contribution >= 4 is 85.7 Å². The molecule has 6 rings (SSSR count). The molecule has 0 aromatic heterocycles. The molecule has 2 unspecified atom stereocenters. The number of nitrogens with zero attached hydrogens (tertiary/aromatic N) is 2. The first-order valence-electron chi connectivity index (χ1n) is 10.4. The highest BCUT2D eigenvalue weighted by molar-refractivity contribution is 9.10. The van der Waals surface area contributed by atoms with Gasteiger partial charge in [-0.25, -0.2) is 0 Å². The summed E-state index contributed by atoms with van der Waals surface area (Å²) >= 11 is 28.3. The van der Waals surface area contributed by atoms with E-state index >= 15 is 0 Å². The topological polar surface area (TPSA) is 76.2 Å². The van der Waals surface area contributed by atoms with E-state index in [9.17, 15) is 14.4 Å². The van der Waals surface area contributed by atoms with Crippen LogP contribution in [-0.4, -0.2) is 35.5 Å². The summed E-state index contributed by atoms with van der Waals surface area (Å²) in [5, 5.41) is -0.682. The van der Waals surface area contributed by atoms with E-state index in [1.165, 1.54) is 4.90 Å². The van der Waals surface area contributed by atoms with Gasteiger partial charge < -0.3 is 14.4 Å². The third-order valence-electron chi connectivity index (χ3n) is 6.32. The second-order valence-electron chi connectivity index (χ2n) is 8.17. The Morgan fingerprint density at radius 1 is 0.722 bits per heavy atom. The highest BCUT2D eigenvalue weighted by Crippen LogP contribution is 2.50. The lowest BCUT2D eigenvalue weighted by Crippen LogP contribution is -2.67. The fourth-order valence-electron chi connectivity index (χ4n) is 4.66. The minimum atomic E-state index is -1.17. The summed E-state index contributed by atoms with van der Waals surface area (Å²) < 4.78 is 11.7. The molecule has 0 radical (unpaired) electrons. The number of hydrogen-bond donors (Lipinski definition) is 0. The van der Waals surface area contributed by atoms with E-state index in [2.05, 4.69) is 15.9 Å². The summed E-state index contributed by atoms with van der Waals surface area (Å²) in [6.07, 6.45) is 0. The Morgan fingerprint density at radius 2 is 1.31 bits per heavy atom. The highest BCUT2D eigenvalue weighted by atomic mass is 79.9. The molecule has 1 fully saturated rings. The number of carbonyl (C=O) groups is 3. The molecule has 3 amide bonds. The largest absolute Gasteiger partial charge is 0.454 e. The SMILES string of the molecule is O=C1c2c(Cl)c(Cl)c(Cl)c(Cl)c2C(=O)N1C1C(=O)N(c2ccc(Br)cc2)C1c1ccc2c(c1)OCO2. The van der Waals surface area contributed by atoms with Gasteiger partial charge in [-0.15, -0.1) is 0 Å². The molecule has 3 heterocycles. The molecule has 0 saturated carbocycles. The second-order valence-corrected chi connectivity index (χ2v) is 10.6. The molecular weight excluding hydrogens is 618 g/mol. The molecule has 36 heavy (non-hydrogen) atoms. The van der Waals surface area contributed by atoms with Crippen LogP contribution >= 0.6 is 62.3 Å². The monoisotopic (exact) mass is 626 g/mol. The van der Waals surface area contributed by atoms with Crippen LogP contribution in [0.25, 0.3) is 0 Å².